The van der Waals surface area contributed by atoms with Crippen molar-refractivity contribution in [3.8, 4) is 22.3 Å². The molecule has 0 saturated heterocycles. The molecule has 0 radical (unpaired) electrons. The molecule has 0 aromatic heterocycles. The van der Waals surface area contributed by atoms with Crippen LogP contribution in [0.1, 0.15) is 13.8 Å². The Kier molecular flexibility index (Phi) is 5.75. The highest BCUT2D eigenvalue weighted by Gasteiger charge is 2.14. The van der Waals surface area contributed by atoms with Crippen molar-refractivity contribution in [2.45, 2.75) is 19.9 Å². The third-order valence-corrected chi connectivity index (χ3v) is 7.01. The first-order valence-electron chi connectivity index (χ1n) is 12.6. The summed E-state index contributed by atoms with van der Waals surface area (Å²) in [6.45, 7) is 4.49. The maximum atomic E-state index is 2.40. The number of fused-ring (bicyclic) bond motifs is 2. The third kappa shape index (κ3) is 4.03. The van der Waals surface area contributed by atoms with Crippen LogP contribution >= 0.6 is 0 Å². The lowest BCUT2D eigenvalue weighted by atomic mass is 9.97. The lowest BCUT2D eigenvalue weighted by Gasteiger charge is -2.29. The van der Waals surface area contributed by atoms with Crippen molar-refractivity contribution in [1.29, 1.82) is 0 Å². The monoisotopic (exact) mass is 463 g/mol. The van der Waals surface area contributed by atoms with Crippen molar-refractivity contribution in [2.75, 3.05) is 4.90 Å². The maximum Gasteiger partial charge on any atom is 0.0413 e. The van der Waals surface area contributed by atoms with Crippen LogP contribution in [0.15, 0.2) is 133 Å². The SMILES string of the molecule is CC(C)N(c1ccc(-c2cccc3ccccc23)cc1)c1ccc(-c2cccc3ccccc23)cc1. The molecule has 0 bridgehead atoms. The molecule has 0 aliphatic carbocycles. The summed E-state index contributed by atoms with van der Waals surface area (Å²) in [4.78, 5) is 2.40. The number of rotatable bonds is 5. The minimum atomic E-state index is 0.330. The zero-order valence-corrected chi connectivity index (χ0v) is 20.7. The van der Waals surface area contributed by atoms with Crippen LogP contribution in [0.3, 0.4) is 0 Å². The lowest BCUT2D eigenvalue weighted by Crippen LogP contribution is -2.25. The van der Waals surface area contributed by atoms with E-state index < -0.39 is 0 Å². The Morgan fingerprint density at radius 2 is 0.806 bits per heavy atom. The molecule has 0 atom stereocenters. The normalized spacial score (nSPS) is 11.3. The Bertz CT molecular complexity index is 1510. The fraction of sp³-hybridized carbons (Fsp3) is 0.0857. The molecule has 0 N–H and O–H groups in total. The van der Waals surface area contributed by atoms with Crippen LogP contribution in [0.4, 0.5) is 11.4 Å². The summed E-state index contributed by atoms with van der Waals surface area (Å²) in [6.07, 6.45) is 0. The van der Waals surface area contributed by atoms with Gasteiger partial charge in [0.05, 0.1) is 0 Å². The zero-order valence-electron chi connectivity index (χ0n) is 20.7. The van der Waals surface area contributed by atoms with Gasteiger partial charge in [-0.3, -0.25) is 0 Å². The highest BCUT2D eigenvalue weighted by Crippen LogP contribution is 2.35. The summed E-state index contributed by atoms with van der Waals surface area (Å²) in [7, 11) is 0. The quantitative estimate of drug-likeness (QED) is 0.246. The Morgan fingerprint density at radius 1 is 0.417 bits per heavy atom. The summed E-state index contributed by atoms with van der Waals surface area (Å²) in [5, 5.41) is 5.12. The molecule has 0 spiro atoms. The molecule has 0 aliphatic heterocycles. The predicted octanol–water partition coefficient (Wildman–Crippen LogP) is 9.87. The van der Waals surface area contributed by atoms with Crippen molar-refractivity contribution in [3.63, 3.8) is 0 Å². The first-order valence-corrected chi connectivity index (χ1v) is 12.6. The Labute approximate surface area is 213 Å². The summed E-state index contributed by atoms with van der Waals surface area (Å²) >= 11 is 0. The highest BCUT2D eigenvalue weighted by molar-refractivity contribution is 5.98. The second-order valence-corrected chi connectivity index (χ2v) is 9.61. The van der Waals surface area contributed by atoms with E-state index >= 15 is 0 Å². The van der Waals surface area contributed by atoms with Gasteiger partial charge in [0.25, 0.3) is 0 Å². The van der Waals surface area contributed by atoms with E-state index in [9.17, 15) is 0 Å². The van der Waals surface area contributed by atoms with Crippen molar-refractivity contribution < 1.29 is 0 Å². The topological polar surface area (TPSA) is 3.24 Å². The number of nitrogens with zero attached hydrogens (tertiary/aromatic N) is 1. The third-order valence-electron chi connectivity index (χ3n) is 7.01. The van der Waals surface area contributed by atoms with Gasteiger partial charge in [0.15, 0.2) is 0 Å². The molecule has 0 unspecified atom stereocenters. The van der Waals surface area contributed by atoms with Gasteiger partial charge in [0.2, 0.25) is 0 Å². The Balaban J connectivity index is 1.33. The minimum Gasteiger partial charge on any atom is -0.339 e. The smallest absolute Gasteiger partial charge is 0.0413 e. The fourth-order valence-electron chi connectivity index (χ4n) is 5.30. The van der Waals surface area contributed by atoms with E-state index in [2.05, 4.69) is 152 Å². The van der Waals surface area contributed by atoms with Gasteiger partial charge in [0.1, 0.15) is 0 Å². The van der Waals surface area contributed by atoms with Crippen LogP contribution in [0.25, 0.3) is 43.8 Å². The predicted molar refractivity (Wildman–Crippen MR) is 156 cm³/mol. The van der Waals surface area contributed by atoms with E-state index in [1.165, 1.54) is 55.2 Å². The average Bonchev–Trinajstić information content (AvgIpc) is 2.93. The lowest BCUT2D eigenvalue weighted by molar-refractivity contribution is 0.789. The van der Waals surface area contributed by atoms with Gasteiger partial charge < -0.3 is 4.90 Å². The Morgan fingerprint density at radius 3 is 1.22 bits per heavy atom. The molecular formula is C35H29N. The first kappa shape index (κ1) is 22.1. The number of hydrogen-bond donors (Lipinski definition) is 0. The van der Waals surface area contributed by atoms with Gasteiger partial charge in [-0.25, -0.2) is 0 Å². The number of anilines is 2. The molecule has 0 saturated carbocycles. The molecule has 1 heteroatoms. The average molecular weight is 464 g/mol. The fourth-order valence-corrected chi connectivity index (χ4v) is 5.30. The van der Waals surface area contributed by atoms with Gasteiger partial charge in [0, 0.05) is 17.4 Å². The molecule has 36 heavy (non-hydrogen) atoms. The molecule has 6 rings (SSSR count). The summed E-state index contributed by atoms with van der Waals surface area (Å²) in [5.41, 5.74) is 7.43. The van der Waals surface area contributed by atoms with Crippen LogP contribution in [-0.2, 0) is 0 Å². The van der Waals surface area contributed by atoms with E-state index in [1.807, 2.05) is 0 Å². The standard InChI is InChI=1S/C35H29N/c1-25(2)36(30-21-17-28(18-22-30)34-15-7-11-26-9-3-5-13-32(26)34)31-23-19-29(20-24-31)35-16-8-12-27-10-4-6-14-33(27)35/h3-25H,1-2H3. The van der Waals surface area contributed by atoms with Gasteiger partial charge in [-0.05, 0) is 81.9 Å². The first-order chi connectivity index (χ1) is 17.7. The molecule has 6 aromatic rings. The molecule has 0 fully saturated rings. The Hall–Kier alpha value is -4.36. The highest BCUT2D eigenvalue weighted by atomic mass is 15.2. The molecule has 0 amide bonds. The van der Waals surface area contributed by atoms with Crippen LogP contribution < -0.4 is 4.90 Å². The number of benzene rings is 6. The minimum absolute atomic E-state index is 0.330. The van der Waals surface area contributed by atoms with Crippen molar-refractivity contribution in [1.82, 2.24) is 0 Å². The van der Waals surface area contributed by atoms with Crippen molar-refractivity contribution in [3.05, 3.63) is 133 Å². The van der Waals surface area contributed by atoms with Crippen LogP contribution in [0, 0.1) is 0 Å². The summed E-state index contributed by atoms with van der Waals surface area (Å²) < 4.78 is 0. The van der Waals surface area contributed by atoms with Gasteiger partial charge in [-0.15, -0.1) is 0 Å². The number of hydrogen-bond acceptors (Lipinski definition) is 1. The van der Waals surface area contributed by atoms with E-state index in [-0.39, 0.29) is 0 Å². The van der Waals surface area contributed by atoms with Crippen molar-refractivity contribution in [2.24, 2.45) is 0 Å². The molecular weight excluding hydrogens is 434 g/mol. The van der Waals surface area contributed by atoms with E-state index in [0.717, 1.165) is 0 Å². The van der Waals surface area contributed by atoms with E-state index in [4.69, 9.17) is 0 Å². The molecule has 174 valence electrons. The van der Waals surface area contributed by atoms with Gasteiger partial charge in [-0.1, -0.05) is 109 Å². The van der Waals surface area contributed by atoms with Gasteiger partial charge in [-0.2, -0.15) is 0 Å². The molecule has 1 nitrogen and oxygen atoms in total. The largest absolute Gasteiger partial charge is 0.339 e. The molecule has 6 aromatic carbocycles. The second-order valence-electron chi connectivity index (χ2n) is 9.61. The molecule has 0 heterocycles. The van der Waals surface area contributed by atoms with Gasteiger partial charge >= 0.3 is 0 Å². The van der Waals surface area contributed by atoms with Crippen LogP contribution in [0.2, 0.25) is 0 Å². The van der Waals surface area contributed by atoms with E-state index in [1.54, 1.807) is 0 Å². The van der Waals surface area contributed by atoms with Crippen LogP contribution in [0.5, 0.6) is 0 Å². The zero-order chi connectivity index (χ0) is 24.5. The maximum absolute atomic E-state index is 2.40. The van der Waals surface area contributed by atoms with Crippen molar-refractivity contribution >= 4 is 32.9 Å². The second kappa shape index (κ2) is 9.36. The summed E-state index contributed by atoms with van der Waals surface area (Å²) in [6, 6.07) is 48.5. The summed E-state index contributed by atoms with van der Waals surface area (Å²) in [5.74, 6) is 0. The van der Waals surface area contributed by atoms with E-state index in [0.29, 0.717) is 6.04 Å². The molecule has 0 aliphatic rings. The van der Waals surface area contributed by atoms with Crippen LogP contribution in [-0.4, -0.2) is 6.04 Å².